The molecular weight excluding hydrogens is 210 g/mol. The van der Waals surface area contributed by atoms with Crippen LogP contribution in [-0.4, -0.2) is 17.6 Å². The maximum atomic E-state index is 5.99. The van der Waals surface area contributed by atoms with Crippen molar-refractivity contribution in [2.24, 2.45) is 11.7 Å². The average Bonchev–Trinajstić information content (AvgIpc) is 2.35. The first-order valence-electron chi connectivity index (χ1n) is 6.02. The number of anilines is 1. The van der Waals surface area contributed by atoms with Crippen molar-refractivity contribution in [1.82, 2.24) is 4.98 Å². The number of rotatable bonds is 4. The van der Waals surface area contributed by atoms with Crippen LogP contribution in [0, 0.1) is 5.92 Å². The minimum absolute atomic E-state index is 0.156. The van der Waals surface area contributed by atoms with Crippen molar-refractivity contribution in [3.8, 4) is 0 Å². The van der Waals surface area contributed by atoms with E-state index in [1.54, 1.807) is 0 Å². The molecule has 3 N–H and O–H groups in total. The number of benzene rings is 1. The SMILES string of the molecule is CC(C)C(N)CNc1ccc2ccccc2n1. The number of para-hydroxylation sites is 1. The molecule has 0 saturated heterocycles. The van der Waals surface area contributed by atoms with Gasteiger partial charge in [-0.2, -0.15) is 0 Å². The third-order valence-electron chi connectivity index (χ3n) is 2.97. The second-order valence-corrected chi connectivity index (χ2v) is 4.68. The van der Waals surface area contributed by atoms with Crippen molar-refractivity contribution in [3.05, 3.63) is 36.4 Å². The van der Waals surface area contributed by atoms with E-state index >= 15 is 0 Å². The van der Waals surface area contributed by atoms with E-state index in [0.717, 1.165) is 23.3 Å². The predicted octanol–water partition coefficient (Wildman–Crippen LogP) is 2.63. The number of hydrogen-bond donors (Lipinski definition) is 2. The maximum Gasteiger partial charge on any atom is 0.126 e. The summed E-state index contributed by atoms with van der Waals surface area (Å²) in [5.41, 5.74) is 7.00. The van der Waals surface area contributed by atoms with Crippen molar-refractivity contribution >= 4 is 16.7 Å². The summed E-state index contributed by atoms with van der Waals surface area (Å²) in [7, 11) is 0. The lowest BCUT2D eigenvalue weighted by Crippen LogP contribution is -2.34. The van der Waals surface area contributed by atoms with Crippen LogP contribution in [0.2, 0.25) is 0 Å². The van der Waals surface area contributed by atoms with Gasteiger partial charge in [0.25, 0.3) is 0 Å². The molecule has 0 saturated carbocycles. The summed E-state index contributed by atoms with van der Waals surface area (Å²) in [6.45, 7) is 5.00. The molecule has 0 aliphatic rings. The summed E-state index contributed by atoms with van der Waals surface area (Å²) in [6.07, 6.45) is 0. The Morgan fingerprint density at radius 2 is 1.94 bits per heavy atom. The summed E-state index contributed by atoms with van der Waals surface area (Å²) in [6, 6.07) is 12.3. The molecule has 3 nitrogen and oxygen atoms in total. The molecule has 0 aliphatic carbocycles. The topological polar surface area (TPSA) is 50.9 Å². The smallest absolute Gasteiger partial charge is 0.126 e. The van der Waals surface area contributed by atoms with Crippen molar-refractivity contribution in [2.45, 2.75) is 19.9 Å². The fourth-order valence-corrected chi connectivity index (χ4v) is 1.62. The highest BCUT2D eigenvalue weighted by molar-refractivity contribution is 5.79. The van der Waals surface area contributed by atoms with E-state index in [1.165, 1.54) is 0 Å². The number of nitrogens with two attached hydrogens (primary N) is 1. The molecule has 90 valence electrons. The summed E-state index contributed by atoms with van der Waals surface area (Å²) in [5.74, 6) is 1.36. The van der Waals surface area contributed by atoms with Crippen LogP contribution in [0.25, 0.3) is 10.9 Å². The second-order valence-electron chi connectivity index (χ2n) is 4.68. The van der Waals surface area contributed by atoms with Crippen molar-refractivity contribution in [3.63, 3.8) is 0 Å². The number of fused-ring (bicyclic) bond motifs is 1. The molecule has 1 aromatic carbocycles. The van der Waals surface area contributed by atoms with Crippen LogP contribution >= 0.6 is 0 Å². The van der Waals surface area contributed by atoms with E-state index in [9.17, 15) is 0 Å². The number of aromatic nitrogens is 1. The lowest BCUT2D eigenvalue weighted by atomic mass is 10.1. The van der Waals surface area contributed by atoms with E-state index in [-0.39, 0.29) is 6.04 Å². The van der Waals surface area contributed by atoms with E-state index in [0.29, 0.717) is 5.92 Å². The van der Waals surface area contributed by atoms with Gasteiger partial charge in [0.05, 0.1) is 5.52 Å². The lowest BCUT2D eigenvalue weighted by Gasteiger charge is -2.16. The molecule has 0 fully saturated rings. The molecule has 0 spiro atoms. The Morgan fingerprint density at radius 3 is 2.71 bits per heavy atom. The molecule has 3 heteroatoms. The third-order valence-corrected chi connectivity index (χ3v) is 2.97. The second kappa shape index (κ2) is 5.15. The molecule has 0 amide bonds. The molecule has 1 heterocycles. The van der Waals surface area contributed by atoms with Gasteiger partial charge < -0.3 is 11.1 Å². The molecule has 2 rings (SSSR count). The van der Waals surface area contributed by atoms with Gasteiger partial charge in [0.15, 0.2) is 0 Å². The van der Waals surface area contributed by atoms with Crippen molar-refractivity contribution < 1.29 is 0 Å². The third kappa shape index (κ3) is 2.94. The van der Waals surface area contributed by atoms with Crippen LogP contribution in [0.3, 0.4) is 0 Å². The Balaban J connectivity index is 2.09. The van der Waals surface area contributed by atoms with E-state index in [2.05, 4.69) is 36.3 Å². The Labute approximate surface area is 102 Å². The van der Waals surface area contributed by atoms with E-state index in [4.69, 9.17) is 5.73 Å². The van der Waals surface area contributed by atoms with Gasteiger partial charge in [-0.3, -0.25) is 0 Å². The summed E-state index contributed by atoms with van der Waals surface area (Å²) < 4.78 is 0. The van der Waals surface area contributed by atoms with Crippen LogP contribution < -0.4 is 11.1 Å². The monoisotopic (exact) mass is 229 g/mol. The first-order chi connectivity index (χ1) is 8.16. The minimum atomic E-state index is 0.156. The maximum absolute atomic E-state index is 5.99. The van der Waals surface area contributed by atoms with Crippen molar-refractivity contribution in [2.75, 3.05) is 11.9 Å². The zero-order valence-electron chi connectivity index (χ0n) is 10.4. The van der Waals surface area contributed by atoms with Gasteiger partial charge in [0.2, 0.25) is 0 Å². The molecule has 0 aliphatic heterocycles. The first kappa shape index (κ1) is 11.9. The zero-order valence-corrected chi connectivity index (χ0v) is 10.4. The van der Waals surface area contributed by atoms with E-state index < -0.39 is 0 Å². The fourth-order valence-electron chi connectivity index (χ4n) is 1.62. The molecule has 1 atom stereocenters. The minimum Gasteiger partial charge on any atom is -0.368 e. The van der Waals surface area contributed by atoms with Gasteiger partial charge >= 0.3 is 0 Å². The summed E-state index contributed by atoms with van der Waals surface area (Å²) >= 11 is 0. The lowest BCUT2D eigenvalue weighted by molar-refractivity contribution is 0.511. The molecule has 0 bridgehead atoms. The highest BCUT2D eigenvalue weighted by Crippen LogP contribution is 2.14. The molecule has 1 aromatic heterocycles. The van der Waals surface area contributed by atoms with Crippen LogP contribution in [0.1, 0.15) is 13.8 Å². The molecule has 1 unspecified atom stereocenters. The van der Waals surface area contributed by atoms with Crippen LogP contribution in [-0.2, 0) is 0 Å². The zero-order chi connectivity index (χ0) is 12.3. The fraction of sp³-hybridized carbons (Fsp3) is 0.357. The normalized spacial score (nSPS) is 12.9. The summed E-state index contributed by atoms with van der Waals surface area (Å²) in [5, 5.41) is 4.44. The highest BCUT2D eigenvalue weighted by Gasteiger charge is 2.07. The van der Waals surface area contributed by atoms with E-state index in [1.807, 2.05) is 24.3 Å². The number of nitrogens with zero attached hydrogens (tertiary/aromatic N) is 1. The van der Waals surface area contributed by atoms with Gasteiger partial charge in [-0.1, -0.05) is 32.0 Å². The number of nitrogens with one attached hydrogen (secondary N) is 1. The number of hydrogen-bond acceptors (Lipinski definition) is 3. The Hall–Kier alpha value is -1.61. The first-order valence-corrected chi connectivity index (χ1v) is 6.02. The number of pyridine rings is 1. The average molecular weight is 229 g/mol. The molecule has 17 heavy (non-hydrogen) atoms. The molecular formula is C14H19N3. The van der Waals surface area contributed by atoms with Crippen LogP contribution in [0.15, 0.2) is 36.4 Å². The van der Waals surface area contributed by atoms with Gasteiger partial charge in [-0.15, -0.1) is 0 Å². The molecule has 2 aromatic rings. The Morgan fingerprint density at radius 1 is 1.18 bits per heavy atom. The van der Waals surface area contributed by atoms with Gasteiger partial charge in [0, 0.05) is 18.0 Å². The predicted molar refractivity (Wildman–Crippen MR) is 73.0 cm³/mol. The standard InChI is InChI=1S/C14H19N3/c1-10(2)12(15)9-16-14-8-7-11-5-3-4-6-13(11)17-14/h3-8,10,12H,9,15H2,1-2H3,(H,16,17). The summed E-state index contributed by atoms with van der Waals surface area (Å²) in [4.78, 5) is 4.54. The van der Waals surface area contributed by atoms with Crippen LogP contribution in [0.4, 0.5) is 5.82 Å². The van der Waals surface area contributed by atoms with Crippen molar-refractivity contribution in [1.29, 1.82) is 0 Å². The van der Waals surface area contributed by atoms with Gasteiger partial charge in [-0.05, 0) is 24.1 Å². The Kier molecular flexibility index (Phi) is 3.59. The van der Waals surface area contributed by atoms with Crippen LogP contribution in [0.5, 0.6) is 0 Å². The highest BCUT2D eigenvalue weighted by atomic mass is 15.0. The quantitative estimate of drug-likeness (QED) is 0.847. The molecule has 0 radical (unpaired) electrons. The Bertz CT molecular complexity index is 494. The van der Waals surface area contributed by atoms with Gasteiger partial charge in [0.1, 0.15) is 5.82 Å². The van der Waals surface area contributed by atoms with Gasteiger partial charge in [-0.25, -0.2) is 4.98 Å². The largest absolute Gasteiger partial charge is 0.368 e.